The second-order valence-corrected chi connectivity index (χ2v) is 4.54. The third-order valence-corrected chi connectivity index (χ3v) is 3.15. The van der Waals surface area contributed by atoms with Gasteiger partial charge < -0.3 is 9.47 Å². The normalized spacial score (nSPS) is 13.1. The first-order chi connectivity index (χ1) is 9.42. The molecule has 0 aliphatic carbocycles. The minimum atomic E-state index is 0.330. The van der Waals surface area contributed by atoms with Crippen molar-refractivity contribution in [3.63, 3.8) is 0 Å². The Morgan fingerprint density at radius 1 is 0.947 bits per heavy atom. The lowest BCUT2D eigenvalue weighted by Crippen LogP contribution is -1.92. The van der Waals surface area contributed by atoms with Crippen molar-refractivity contribution in [3.05, 3.63) is 65.7 Å². The standard InChI is InChI=1S/C17H16O2/c1-2-6-14(7-3-1)8-4-5-9-15-10-11-16-17(12-15)19-13-18-16/h1-3,5-7,9-12H,4,8,13H2. The summed E-state index contributed by atoms with van der Waals surface area (Å²) in [4.78, 5) is 0. The molecule has 2 aromatic rings. The molecule has 0 radical (unpaired) electrons. The molecule has 1 aliphatic rings. The molecule has 0 amide bonds. The van der Waals surface area contributed by atoms with Gasteiger partial charge in [0.25, 0.3) is 0 Å². The number of fused-ring (bicyclic) bond motifs is 1. The van der Waals surface area contributed by atoms with Gasteiger partial charge in [0.15, 0.2) is 11.5 Å². The molecule has 96 valence electrons. The molecule has 0 saturated carbocycles. The van der Waals surface area contributed by atoms with Crippen LogP contribution in [0.5, 0.6) is 11.5 Å². The van der Waals surface area contributed by atoms with E-state index in [1.807, 2.05) is 24.3 Å². The van der Waals surface area contributed by atoms with E-state index in [9.17, 15) is 0 Å². The van der Waals surface area contributed by atoms with E-state index in [1.165, 1.54) is 5.56 Å². The molecule has 0 atom stereocenters. The second kappa shape index (κ2) is 5.61. The predicted octanol–water partition coefficient (Wildman–Crippen LogP) is 4.06. The zero-order valence-corrected chi connectivity index (χ0v) is 10.7. The van der Waals surface area contributed by atoms with Crippen molar-refractivity contribution in [1.29, 1.82) is 0 Å². The van der Waals surface area contributed by atoms with Crippen molar-refractivity contribution in [1.82, 2.24) is 0 Å². The van der Waals surface area contributed by atoms with Crippen LogP contribution in [0.3, 0.4) is 0 Å². The molecule has 2 nitrogen and oxygen atoms in total. The number of rotatable bonds is 4. The first kappa shape index (κ1) is 11.8. The molecular formula is C17H16O2. The molecule has 2 aromatic carbocycles. The van der Waals surface area contributed by atoms with Crippen LogP contribution in [-0.4, -0.2) is 6.79 Å². The van der Waals surface area contributed by atoms with Gasteiger partial charge in [0.05, 0.1) is 0 Å². The van der Waals surface area contributed by atoms with Gasteiger partial charge in [-0.2, -0.15) is 0 Å². The van der Waals surface area contributed by atoms with Crippen LogP contribution in [-0.2, 0) is 6.42 Å². The minimum absolute atomic E-state index is 0.330. The summed E-state index contributed by atoms with van der Waals surface area (Å²) in [5.74, 6) is 1.67. The average molecular weight is 252 g/mol. The number of benzene rings is 2. The van der Waals surface area contributed by atoms with Crippen LogP contribution in [0, 0.1) is 0 Å². The summed E-state index contributed by atoms with van der Waals surface area (Å²) < 4.78 is 10.6. The smallest absolute Gasteiger partial charge is 0.231 e. The van der Waals surface area contributed by atoms with E-state index in [0.29, 0.717) is 6.79 Å². The first-order valence-corrected chi connectivity index (χ1v) is 6.52. The molecule has 3 rings (SSSR count). The van der Waals surface area contributed by atoms with Crippen LogP contribution in [0.15, 0.2) is 54.6 Å². The number of allylic oxidation sites excluding steroid dienone is 1. The van der Waals surface area contributed by atoms with Crippen LogP contribution in [0.1, 0.15) is 17.5 Å². The highest BCUT2D eigenvalue weighted by molar-refractivity contribution is 5.56. The lowest BCUT2D eigenvalue weighted by atomic mass is 10.1. The van der Waals surface area contributed by atoms with E-state index < -0.39 is 0 Å². The quantitative estimate of drug-likeness (QED) is 0.817. The molecule has 1 aliphatic heterocycles. The van der Waals surface area contributed by atoms with Crippen molar-refractivity contribution in [2.45, 2.75) is 12.8 Å². The number of hydrogen-bond acceptors (Lipinski definition) is 2. The summed E-state index contributed by atoms with van der Waals surface area (Å²) in [5.41, 5.74) is 2.52. The molecule has 0 N–H and O–H groups in total. The molecule has 0 fully saturated rings. The highest BCUT2D eigenvalue weighted by atomic mass is 16.7. The van der Waals surface area contributed by atoms with Gasteiger partial charge in [-0.15, -0.1) is 0 Å². The van der Waals surface area contributed by atoms with Gasteiger partial charge in [0, 0.05) is 0 Å². The molecular weight excluding hydrogens is 236 g/mol. The average Bonchev–Trinajstić information content (AvgIpc) is 2.92. The van der Waals surface area contributed by atoms with Crippen LogP contribution in [0.25, 0.3) is 6.08 Å². The SMILES string of the molecule is C(=Cc1ccc2c(c1)OCO2)CCc1ccccc1. The molecule has 0 aromatic heterocycles. The highest BCUT2D eigenvalue weighted by Crippen LogP contribution is 2.32. The Kier molecular flexibility index (Phi) is 3.50. The lowest BCUT2D eigenvalue weighted by molar-refractivity contribution is 0.174. The van der Waals surface area contributed by atoms with E-state index in [-0.39, 0.29) is 0 Å². The Balaban J connectivity index is 1.58. The molecule has 0 saturated heterocycles. The van der Waals surface area contributed by atoms with E-state index in [1.54, 1.807) is 0 Å². The van der Waals surface area contributed by atoms with E-state index in [4.69, 9.17) is 9.47 Å². The second-order valence-electron chi connectivity index (χ2n) is 4.54. The fraction of sp³-hybridized carbons (Fsp3) is 0.176. The van der Waals surface area contributed by atoms with E-state index in [0.717, 1.165) is 29.9 Å². The number of hydrogen-bond donors (Lipinski definition) is 0. The summed E-state index contributed by atoms with van der Waals surface area (Å²) in [6.45, 7) is 0.330. The zero-order chi connectivity index (χ0) is 12.9. The topological polar surface area (TPSA) is 18.5 Å². The maximum atomic E-state index is 5.36. The maximum Gasteiger partial charge on any atom is 0.231 e. The van der Waals surface area contributed by atoms with Crippen LogP contribution in [0.4, 0.5) is 0 Å². The minimum Gasteiger partial charge on any atom is -0.454 e. The Bertz CT molecular complexity index is 573. The fourth-order valence-corrected chi connectivity index (χ4v) is 2.13. The molecule has 1 heterocycles. The van der Waals surface area contributed by atoms with Crippen LogP contribution < -0.4 is 9.47 Å². The van der Waals surface area contributed by atoms with Crippen LogP contribution >= 0.6 is 0 Å². The molecule has 2 heteroatoms. The molecule has 0 unspecified atom stereocenters. The van der Waals surface area contributed by atoms with Crippen LogP contribution in [0.2, 0.25) is 0 Å². The largest absolute Gasteiger partial charge is 0.454 e. The Morgan fingerprint density at radius 2 is 1.79 bits per heavy atom. The maximum absolute atomic E-state index is 5.36. The van der Waals surface area contributed by atoms with E-state index >= 15 is 0 Å². The predicted molar refractivity (Wildman–Crippen MR) is 76.4 cm³/mol. The summed E-state index contributed by atoms with van der Waals surface area (Å²) in [5, 5.41) is 0. The summed E-state index contributed by atoms with van der Waals surface area (Å²) in [6, 6.07) is 16.6. The van der Waals surface area contributed by atoms with Crippen molar-refractivity contribution in [2.24, 2.45) is 0 Å². The Hall–Kier alpha value is -2.22. The highest BCUT2D eigenvalue weighted by Gasteiger charge is 2.11. The van der Waals surface area contributed by atoms with Gasteiger partial charge in [-0.05, 0) is 36.1 Å². The van der Waals surface area contributed by atoms with Gasteiger partial charge in [-0.1, -0.05) is 48.6 Å². The van der Waals surface area contributed by atoms with Crippen molar-refractivity contribution in [2.75, 3.05) is 6.79 Å². The lowest BCUT2D eigenvalue weighted by Gasteiger charge is -1.98. The molecule has 19 heavy (non-hydrogen) atoms. The van der Waals surface area contributed by atoms with Gasteiger partial charge in [-0.25, -0.2) is 0 Å². The van der Waals surface area contributed by atoms with Crippen molar-refractivity contribution in [3.8, 4) is 11.5 Å². The number of ether oxygens (including phenoxy) is 2. The summed E-state index contributed by atoms with van der Waals surface area (Å²) in [6.07, 6.45) is 6.44. The third-order valence-electron chi connectivity index (χ3n) is 3.15. The molecule has 0 bridgehead atoms. The monoisotopic (exact) mass is 252 g/mol. The third kappa shape index (κ3) is 2.97. The van der Waals surface area contributed by atoms with Gasteiger partial charge in [-0.3, -0.25) is 0 Å². The summed E-state index contributed by atoms with van der Waals surface area (Å²) in [7, 11) is 0. The fourth-order valence-electron chi connectivity index (χ4n) is 2.13. The molecule has 0 spiro atoms. The van der Waals surface area contributed by atoms with Gasteiger partial charge >= 0.3 is 0 Å². The van der Waals surface area contributed by atoms with Gasteiger partial charge in [0.2, 0.25) is 6.79 Å². The number of aryl methyl sites for hydroxylation is 1. The Morgan fingerprint density at radius 3 is 2.68 bits per heavy atom. The van der Waals surface area contributed by atoms with Crippen molar-refractivity contribution < 1.29 is 9.47 Å². The van der Waals surface area contributed by atoms with E-state index in [2.05, 4.69) is 36.4 Å². The first-order valence-electron chi connectivity index (χ1n) is 6.52. The zero-order valence-electron chi connectivity index (χ0n) is 10.7. The van der Waals surface area contributed by atoms with Crippen molar-refractivity contribution >= 4 is 6.08 Å². The van der Waals surface area contributed by atoms with Gasteiger partial charge in [0.1, 0.15) is 0 Å². The Labute approximate surface area is 113 Å². The summed E-state index contributed by atoms with van der Waals surface area (Å²) >= 11 is 0.